The van der Waals surface area contributed by atoms with Crippen molar-refractivity contribution in [2.24, 2.45) is 11.3 Å². The molecule has 6 heteroatoms. The van der Waals surface area contributed by atoms with Crippen molar-refractivity contribution >= 4 is 5.91 Å². The highest BCUT2D eigenvalue weighted by molar-refractivity contribution is 5.95. The molecule has 2 fully saturated rings. The van der Waals surface area contributed by atoms with Gasteiger partial charge in [-0.2, -0.15) is 0 Å². The van der Waals surface area contributed by atoms with Gasteiger partial charge in [0.25, 0.3) is 0 Å². The zero-order valence-electron chi connectivity index (χ0n) is 25.3. The number of carbonyl (C=O) groups excluding carboxylic acids is 1. The molecule has 4 rings (SSSR count). The first-order valence-electron chi connectivity index (χ1n) is 15.1. The van der Waals surface area contributed by atoms with Crippen molar-refractivity contribution in [1.29, 1.82) is 0 Å². The Morgan fingerprint density at radius 3 is 2.62 bits per heavy atom. The van der Waals surface area contributed by atoms with Gasteiger partial charge in [-0.05, 0) is 94.0 Å². The fraction of sp³-hybridized carbons (Fsp3) is 0.667. The molecular formula is C33H51N3O3. The summed E-state index contributed by atoms with van der Waals surface area (Å²) in [6.45, 7) is 20.8. The van der Waals surface area contributed by atoms with Gasteiger partial charge in [-0.3, -0.25) is 9.69 Å². The van der Waals surface area contributed by atoms with E-state index in [9.17, 15) is 9.90 Å². The molecule has 1 aromatic carbocycles. The lowest BCUT2D eigenvalue weighted by molar-refractivity contribution is -0.119. The second kappa shape index (κ2) is 12.6. The number of β-amino-alcohol motifs (C(OH)–C–C–N with tert-alkyl or cyclic N) is 1. The fourth-order valence-corrected chi connectivity index (χ4v) is 6.57. The van der Waals surface area contributed by atoms with Gasteiger partial charge < -0.3 is 20.1 Å². The highest BCUT2D eigenvalue weighted by atomic mass is 16.5. The van der Waals surface area contributed by atoms with E-state index in [0.717, 1.165) is 76.3 Å². The van der Waals surface area contributed by atoms with Gasteiger partial charge in [-0.1, -0.05) is 44.6 Å². The van der Waals surface area contributed by atoms with E-state index in [-0.39, 0.29) is 35.4 Å². The average Bonchev–Trinajstić information content (AvgIpc) is 3.51. The van der Waals surface area contributed by atoms with Crippen molar-refractivity contribution in [3.63, 3.8) is 0 Å². The quantitative estimate of drug-likeness (QED) is 0.395. The molecule has 39 heavy (non-hydrogen) atoms. The first-order chi connectivity index (χ1) is 18.5. The lowest BCUT2D eigenvalue weighted by Crippen LogP contribution is -2.41. The van der Waals surface area contributed by atoms with Gasteiger partial charge in [0, 0.05) is 43.8 Å². The number of likely N-dealkylation sites (tertiary alicyclic amines) is 2. The molecule has 1 aliphatic carbocycles. The van der Waals surface area contributed by atoms with E-state index in [1.165, 1.54) is 22.3 Å². The topological polar surface area (TPSA) is 65.0 Å². The minimum Gasteiger partial charge on any atom is -0.493 e. The molecule has 0 aromatic heterocycles. The lowest BCUT2D eigenvalue weighted by Gasteiger charge is -2.34. The maximum absolute atomic E-state index is 13.2. The number of aliphatic hydroxyl groups is 1. The number of rotatable bonds is 10. The van der Waals surface area contributed by atoms with Crippen LogP contribution in [0.4, 0.5) is 0 Å². The number of unbranched alkanes of at least 4 members (excludes halogenated alkanes) is 1. The molecule has 0 bridgehead atoms. The van der Waals surface area contributed by atoms with E-state index >= 15 is 0 Å². The van der Waals surface area contributed by atoms with Crippen molar-refractivity contribution in [2.45, 2.75) is 92.3 Å². The number of hydrogen-bond acceptors (Lipinski definition) is 5. The summed E-state index contributed by atoms with van der Waals surface area (Å²) < 4.78 is 6.17. The molecule has 2 N–H and O–H groups in total. The van der Waals surface area contributed by atoms with E-state index < -0.39 is 0 Å². The maximum atomic E-state index is 13.2. The van der Waals surface area contributed by atoms with Crippen LogP contribution in [-0.2, 0) is 4.79 Å². The Labute approximate surface area is 236 Å². The summed E-state index contributed by atoms with van der Waals surface area (Å²) in [4.78, 5) is 18.1. The predicted octanol–water partition coefficient (Wildman–Crippen LogP) is 5.33. The first-order valence-corrected chi connectivity index (χ1v) is 15.1. The van der Waals surface area contributed by atoms with Crippen LogP contribution in [0.25, 0.3) is 0 Å². The zero-order valence-corrected chi connectivity index (χ0v) is 25.3. The largest absolute Gasteiger partial charge is 0.493 e. The Morgan fingerprint density at radius 2 is 1.90 bits per heavy atom. The smallest absolute Gasteiger partial charge is 0.247 e. The minimum atomic E-state index is -0.143. The number of allylic oxidation sites excluding steroid dienone is 3. The Bertz CT molecular complexity index is 1090. The van der Waals surface area contributed by atoms with Gasteiger partial charge in [-0.25, -0.2) is 0 Å². The molecule has 3 aliphatic rings. The van der Waals surface area contributed by atoms with E-state index in [0.29, 0.717) is 0 Å². The van der Waals surface area contributed by atoms with Crippen molar-refractivity contribution in [2.75, 3.05) is 39.3 Å². The molecule has 2 heterocycles. The molecule has 2 unspecified atom stereocenters. The van der Waals surface area contributed by atoms with Gasteiger partial charge in [-0.15, -0.1) is 0 Å². The van der Waals surface area contributed by atoms with E-state index in [4.69, 9.17) is 4.74 Å². The fourth-order valence-electron chi connectivity index (χ4n) is 6.57. The molecule has 0 spiro atoms. The highest BCUT2D eigenvalue weighted by Crippen LogP contribution is 2.39. The molecule has 4 atom stereocenters. The molecule has 2 saturated heterocycles. The summed E-state index contributed by atoms with van der Waals surface area (Å²) in [6.07, 6.45) is 8.19. The van der Waals surface area contributed by atoms with Crippen LogP contribution in [-0.4, -0.2) is 72.3 Å². The Kier molecular flexibility index (Phi) is 9.61. The number of carbonyl (C=O) groups is 1. The highest BCUT2D eigenvalue weighted by Gasteiger charge is 2.35. The van der Waals surface area contributed by atoms with Crippen LogP contribution in [0.2, 0.25) is 0 Å². The SMILES string of the molecule is CC1=CC(C)(C)C(C)C(C(=O)N[C@@H]2CCN(C(C)c3ccc(OCCCCN4CC[C@H](O)C4)c(C)c3C)C2)=C1. The van der Waals surface area contributed by atoms with Crippen LogP contribution in [0, 0.1) is 25.2 Å². The monoisotopic (exact) mass is 537 g/mol. The molecule has 1 amide bonds. The van der Waals surface area contributed by atoms with Gasteiger partial charge >= 0.3 is 0 Å². The molecular weight excluding hydrogens is 486 g/mol. The van der Waals surface area contributed by atoms with Crippen molar-refractivity contribution in [1.82, 2.24) is 15.1 Å². The third-order valence-corrected chi connectivity index (χ3v) is 9.53. The number of benzene rings is 1. The number of nitrogens with one attached hydrogen (secondary N) is 1. The normalized spacial score (nSPS) is 26.3. The Hall–Kier alpha value is -2.15. The number of aliphatic hydroxyl groups excluding tert-OH is 1. The van der Waals surface area contributed by atoms with E-state index in [1.54, 1.807) is 0 Å². The van der Waals surface area contributed by atoms with Crippen LogP contribution in [0.3, 0.4) is 0 Å². The minimum absolute atomic E-state index is 0.00885. The molecule has 2 aliphatic heterocycles. The molecule has 6 nitrogen and oxygen atoms in total. The third kappa shape index (κ3) is 7.14. The summed E-state index contributed by atoms with van der Waals surface area (Å²) in [5.41, 5.74) is 5.92. The van der Waals surface area contributed by atoms with Crippen LogP contribution in [0.15, 0.2) is 35.4 Å². The number of nitrogens with zero attached hydrogens (tertiary/aromatic N) is 2. The van der Waals surface area contributed by atoms with Crippen molar-refractivity contribution in [3.8, 4) is 5.75 Å². The number of amides is 1. The maximum Gasteiger partial charge on any atom is 0.247 e. The standard InChI is InChI=1S/C33H51N3O3/c1-22-18-30(25(4)33(6,7)19-22)32(38)34-27-12-16-36(20-27)26(5)29-10-11-31(24(3)23(29)2)39-17-9-8-14-35-15-13-28(37)21-35/h10-11,18-19,25-28,37H,8-9,12-17,20-21H2,1-7H3,(H,34,38)/t25?,26?,27-,28+/m1/s1. The van der Waals surface area contributed by atoms with Crippen molar-refractivity contribution in [3.05, 3.63) is 52.1 Å². The second-order valence-corrected chi connectivity index (χ2v) is 12.9. The first kappa shape index (κ1) is 29.8. The predicted molar refractivity (Wildman–Crippen MR) is 159 cm³/mol. The number of ether oxygens (including phenoxy) is 1. The molecule has 0 radical (unpaired) electrons. The molecule has 1 aromatic rings. The average molecular weight is 538 g/mol. The van der Waals surface area contributed by atoms with Crippen LogP contribution in [0.1, 0.15) is 83.0 Å². The number of hydrogen-bond donors (Lipinski definition) is 2. The molecule has 216 valence electrons. The summed E-state index contributed by atoms with van der Waals surface area (Å²) in [7, 11) is 0. The molecule has 0 saturated carbocycles. The van der Waals surface area contributed by atoms with Crippen LogP contribution >= 0.6 is 0 Å². The second-order valence-electron chi connectivity index (χ2n) is 12.9. The van der Waals surface area contributed by atoms with Gasteiger partial charge in [0.15, 0.2) is 0 Å². The van der Waals surface area contributed by atoms with Gasteiger partial charge in [0.05, 0.1) is 12.7 Å². The summed E-state index contributed by atoms with van der Waals surface area (Å²) >= 11 is 0. The Morgan fingerprint density at radius 1 is 1.13 bits per heavy atom. The van der Waals surface area contributed by atoms with Crippen molar-refractivity contribution < 1.29 is 14.6 Å². The summed E-state index contributed by atoms with van der Waals surface area (Å²) in [6, 6.07) is 4.82. The lowest BCUT2D eigenvalue weighted by atomic mass is 9.71. The van der Waals surface area contributed by atoms with Crippen LogP contribution < -0.4 is 10.1 Å². The summed E-state index contributed by atoms with van der Waals surface area (Å²) in [5, 5.41) is 13.0. The Balaban J connectivity index is 1.27. The third-order valence-electron chi connectivity index (χ3n) is 9.53. The van der Waals surface area contributed by atoms with Crippen LogP contribution in [0.5, 0.6) is 5.75 Å². The summed E-state index contributed by atoms with van der Waals surface area (Å²) in [5.74, 6) is 1.27. The van der Waals surface area contributed by atoms with Gasteiger partial charge in [0.1, 0.15) is 5.75 Å². The van der Waals surface area contributed by atoms with Gasteiger partial charge in [0.2, 0.25) is 5.91 Å². The van der Waals surface area contributed by atoms with E-state index in [1.807, 2.05) is 0 Å². The van der Waals surface area contributed by atoms with E-state index in [2.05, 4.69) is 87.9 Å². The zero-order chi connectivity index (χ0) is 28.3.